The molecule has 9 nitrogen and oxygen atoms in total. The molecular formula is C30H41N3O6S. The van der Waals surface area contributed by atoms with Gasteiger partial charge in [-0.2, -0.15) is 0 Å². The molecule has 0 unspecified atom stereocenters. The molecule has 218 valence electrons. The van der Waals surface area contributed by atoms with E-state index in [-0.39, 0.29) is 6.54 Å². The van der Waals surface area contributed by atoms with E-state index in [4.69, 9.17) is 18.9 Å². The third kappa shape index (κ3) is 7.09. The molecule has 1 aliphatic rings. The van der Waals surface area contributed by atoms with Gasteiger partial charge in [0.05, 0.1) is 25.6 Å². The number of carbonyl (C=O) groups is 2. The zero-order chi connectivity index (χ0) is 29.2. The second-order valence-electron chi connectivity index (χ2n) is 12.0. The third-order valence-electron chi connectivity index (χ3n) is 6.62. The van der Waals surface area contributed by atoms with Gasteiger partial charge in [0.25, 0.3) is 0 Å². The van der Waals surface area contributed by atoms with Crippen LogP contribution in [0.5, 0.6) is 11.5 Å². The highest BCUT2D eigenvalue weighted by Crippen LogP contribution is 2.36. The smallest absolute Gasteiger partial charge is 0.411 e. The number of carbonyl (C=O) groups excluding carboxylic acids is 2. The molecule has 4 rings (SSSR count). The van der Waals surface area contributed by atoms with Crippen molar-refractivity contribution < 1.29 is 28.5 Å². The molecule has 10 heteroatoms. The van der Waals surface area contributed by atoms with Crippen LogP contribution in [0.15, 0.2) is 36.7 Å². The molecule has 0 saturated carbocycles. The maximum Gasteiger partial charge on any atom is 0.411 e. The summed E-state index contributed by atoms with van der Waals surface area (Å²) in [6, 6.07) is 6.83. The van der Waals surface area contributed by atoms with Crippen LogP contribution in [0.3, 0.4) is 0 Å². The van der Waals surface area contributed by atoms with E-state index in [1.807, 2.05) is 42.0 Å². The molecule has 2 aromatic heterocycles. The summed E-state index contributed by atoms with van der Waals surface area (Å²) in [7, 11) is 0.714. The lowest BCUT2D eigenvalue weighted by Crippen LogP contribution is -2.50. The number of hydrogen-bond acceptors (Lipinski definition) is 7. The molecule has 0 fully saturated rings. The monoisotopic (exact) mass is 571 g/mol. The molecule has 0 N–H and O–H groups in total. The van der Waals surface area contributed by atoms with Crippen molar-refractivity contribution in [3.05, 3.63) is 53.3 Å². The van der Waals surface area contributed by atoms with E-state index in [2.05, 4.69) is 23.8 Å². The predicted molar refractivity (Wildman–Crippen MR) is 158 cm³/mol. The minimum absolute atomic E-state index is 0.204. The Balaban J connectivity index is 1.56. The molecule has 0 radical (unpaired) electrons. The Morgan fingerprint density at radius 1 is 1.12 bits per heavy atom. The highest BCUT2D eigenvalue weighted by atomic mass is 32.3. The number of methoxy groups -OCH3 is 1. The number of ether oxygens (including phenoxy) is 4. The van der Waals surface area contributed by atoms with E-state index in [0.29, 0.717) is 31.3 Å². The Kier molecular flexibility index (Phi) is 8.70. The van der Waals surface area contributed by atoms with Crippen LogP contribution >= 0.6 is 10.0 Å². The van der Waals surface area contributed by atoms with Gasteiger partial charge < -0.3 is 23.5 Å². The quantitative estimate of drug-likeness (QED) is 0.255. The summed E-state index contributed by atoms with van der Waals surface area (Å²) in [5.41, 5.74) is 2.99. The zero-order valence-electron chi connectivity index (χ0n) is 24.8. The van der Waals surface area contributed by atoms with Crippen molar-refractivity contribution in [3.8, 4) is 11.5 Å². The molecule has 0 bridgehead atoms. The maximum absolute atomic E-state index is 13.0. The second kappa shape index (κ2) is 11.7. The van der Waals surface area contributed by atoms with Crippen molar-refractivity contribution in [3.63, 3.8) is 0 Å². The highest BCUT2D eigenvalue weighted by molar-refractivity contribution is 8.32. The Bertz CT molecular complexity index is 1390. The first kappa shape index (κ1) is 29.7. The topological polar surface area (TPSA) is 92.1 Å². The van der Waals surface area contributed by atoms with Crippen LogP contribution in [-0.4, -0.2) is 76.4 Å². The van der Waals surface area contributed by atoms with E-state index in [1.165, 1.54) is 12.0 Å². The first-order valence-electron chi connectivity index (χ1n) is 13.3. The van der Waals surface area contributed by atoms with E-state index < -0.39 is 33.7 Å². The molecule has 1 aliphatic heterocycles. The van der Waals surface area contributed by atoms with Crippen molar-refractivity contribution in [1.29, 1.82) is 0 Å². The summed E-state index contributed by atoms with van der Waals surface area (Å²) in [6.07, 6.45) is 10.4. The number of aryl methyl sites for hydroxylation is 1. The van der Waals surface area contributed by atoms with Crippen LogP contribution in [0.4, 0.5) is 4.79 Å². The van der Waals surface area contributed by atoms with Gasteiger partial charge in [0.2, 0.25) is 0 Å². The maximum atomic E-state index is 13.0. The first-order valence-corrected chi connectivity index (χ1v) is 16.3. The fourth-order valence-corrected chi connectivity index (χ4v) is 5.26. The van der Waals surface area contributed by atoms with E-state index in [9.17, 15) is 9.59 Å². The number of fused-ring (bicyclic) bond motifs is 2. The Morgan fingerprint density at radius 2 is 1.88 bits per heavy atom. The van der Waals surface area contributed by atoms with Gasteiger partial charge in [-0.15, -0.1) is 0 Å². The van der Waals surface area contributed by atoms with Crippen LogP contribution in [-0.2, 0) is 38.7 Å². The van der Waals surface area contributed by atoms with Crippen molar-refractivity contribution >= 4 is 33.1 Å². The normalized spacial score (nSPS) is 16.0. The number of rotatable bonds is 8. The van der Waals surface area contributed by atoms with Crippen molar-refractivity contribution in [1.82, 2.24) is 14.5 Å². The van der Waals surface area contributed by atoms with Gasteiger partial charge in [-0.05, 0) is 81.4 Å². The lowest BCUT2D eigenvalue weighted by atomic mass is 9.94. The number of hydrogen-bond donors (Lipinski definition) is 0. The van der Waals surface area contributed by atoms with Crippen LogP contribution in [0, 0.1) is 6.92 Å². The Labute approximate surface area is 238 Å². The number of nitrogens with zero attached hydrogens (tertiary/aromatic N) is 3. The SMILES string of the molecule is COC(=O)[C@H]1Cc2ccc(Oc3ccnc4c3c(C)cn4COCCS(C)(C)C)cc2CN1C(=O)OC(C)(C)C. The van der Waals surface area contributed by atoms with Gasteiger partial charge in [0.15, 0.2) is 0 Å². The van der Waals surface area contributed by atoms with E-state index in [0.717, 1.165) is 33.5 Å². The summed E-state index contributed by atoms with van der Waals surface area (Å²) in [5.74, 6) is 1.90. The summed E-state index contributed by atoms with van der Waals surface area (Å²) < 4.78 is 24.9. The molecule has 0 aliphatic carbocycles. The first-order chi connectivity index (χ1) is 18.8. The van der Waals surface area contributed by atoms with Gasteiger partial charge in [0, 0.05) is 24.6 Å². The highest BCUT2D eigenvalue weighted by Gasteiger charge is 2.38. The fourth-order valence-electron chi connectivity index (χ4n) is 4.65. The average Bonchev–Trinajstić information content (AvgIpc) is 3.20. The molecule has 1 amide bonds. The molecule has 40 heavy (non-hydrogen) atoms. The molecule has 1 atom stereocenters. The number of amides is 1. The van der Waals surface area contributed by atoms with Gasteiger partial charge in [-0.1, -0.05) is 6.07 Å². The van der Waals surface area contributed by atoms with Gasteiger partial charge in [-0.3, -0.25) is 4.90 Å². The van der Waals surface area contributed by atoms with Crippen molar-refractivity contribution in [2.75, 3.05) is 38.2 Å². The van der Waals surface area contributed by atoms with Crippen LogP contribution < -0.4 is 4.74 Å². The standard InChI is InChI=1S/C30H41N3O6S/c1-20-17-32(19-37-13-14-40(6,7)8)27-26(20)25(11-12-31-27)38-23-10-9-21-16-24(28(34)36-5)33(18-22(21)15-23)29(35)39-30(2,3)4/h9-12,15,17,24H,13-14,16,18-19H2,1-8H3/t24-/m1/s1. The van der Waals surface area contributed by atoms with Gasteiger partial charge >= 0.3 is 12.1 Å². The number of aromatic nitrogens is 2. The minimum Gasteiger partial charge on any atom is -0.467 e. The van der Waals surface area contributed by atoms with Crippen LogP contribution in [0.1, 0.15) is 37.5 Å². The molecular weight excluding hydrogens is 530 g/mol. The van der Waals surface area contributed by atoms with Crippen LogP contribution in [0.2, 0.25) is 0 Å². The molecule has 0 spiro atoms. The predicted octanol–water partition coefficient (Wildman–Crippen LogP) is 5.64. The molecule has 0 saturated heterocycles. The Morgan fingerprint density at radius 3 is 2.55 bits per heavy atom. The summed E-state index contributed by atoms with van der Waals surface area (Å²) >= 11 is 0. The van der Waals surface area contributed by atoms with Gasteiger partial charge in [-0.25, -0.2) is 24.6 Å². The van der Waals surface area contributed by atoms with Crippen LogP contribution in [0.25, 0.3) is 11.0 Å². The van der Waals surface area contributed by atoms with E-state index >= 15 is 0 Å². The number of esters is 1. The molecule has 3 aromatic rings. The number of benzene rings is 1. The summed E-state index contributed by atoms with van der Waals surface area (Å²) in [4.78, 5) is 31.6. The minimum atomic E-state index is -0.756. The average molecular weight is 572 g/mol. The summed E-state index contributed by atoms with van der Waals surface area (Å²) in [5, 5.41) is 0.923. The van der Waals surface area contributed by atoms with Gasteiger partial charge in [0.1, 0.15) is 35.5 Å². The lowest BCUT2D eigenvalue weighted by Gasteiger charge is -2.36. The Hall–Kier alpha value is -3.24. The lowest BCUT2D eigenvalue weighted by molar-refractivity contribution is -0.147. The fraction of sp³-hybridized carbons (Fsp3) is 0.500. The number of pyridine rings is 1. The molecule has 3 heterocycles. The van der Waals surface area contributed by atoms with Crippen molar-refractivity contribution in [2.45, 2.75) is 59.0 Å². The van der Waals surface area contributed by atoms with E-state index in [1.54, 1.807) is 27.0 Å². The zero-order valence-corrected chi connectivity index (χ0v) is 25.6. The molecule has 1 aromatic carbocycles. The second-order valence-corrected chi connectivity index (χ2v) is 16.6. The third-order valence-corrected chi connectivity index (χ3v) is 8.01. The summed E-state index contributed by atoms with van der Waals surface area (Å²) in [6.45, 7) is 8.76. The largest absolute Gasteiger partial charge is 0.467 e. The van der Waals surface area contributed by atoms with Crippen molar-refractivity contribution in [2.24, 2.45) is 0 Å².